The van der Waals surface area contributed by atoms with Crippen LogP contribution in [-0.2, 0) is 4.79 Å². The molecule has 4 nitrogen and oxygen atoms in total. The summed E-state index contributed by atoms with van der Waals surface area (Å²) in [6.45, 7) is 13.6. The van der Waals surface area contributed by atoms with E-state index < -0.39 is 6.04 Å². The smallest absolute Gasteiger partial charge is 0.315 e. The quantitative estimate of drug-likeness (QED) is 0.781. The molecule has 0 saturated heterocycles. The normalized spacial score (nSPS) is 11.9. The van der Waals surface area contributed by atoms with E-state index in [4.69, 9.17) is 0 Å². The van der Waals surface area contributed by atoms with Crippen molar-refractivity contribution < 1.29 is 9.59 Å². The van der Waals surface area contributed by atoms with Gasteiger partial charge in [0.25, 0.3) is 0 Å². The Morgan fingerprint density at radius 2 is 1.62 bits per heavy atom. The number of Topliss-reactive ketones (excluding diaryl/α,β-unsaturated/α-hetero) is 1. The van der Waals surface area contributed by atoms with Crippen molar-refractivity contribution >= 4 is 11.8 Å². The molecule has 1 atom stereocenters. The number of carbonyl (C=O) groups excluding carboxylic acids is 2. The molecule has 0 aromatic heterocycles. The number of carbonyl (C=O) groups is 2. The summed E-state index contributed by atoms with van der Waals surface area (Å²) in [5.41, 5.74) is -0.253. The lowest BCUT2D eigenvalue weighted by molar-refractivity contribution is -0.121. The van der Waals surface area contributed by atoms with Crippen LogP contribution in [0.2, 0.25) is 0 Å². The first-order valence-electron chi connectivity index (χ1n) is 5.83. The third kappa shape index (κ3) is 7.26. The molecule has 2 amide bonds. The minimum absolute atomic E-state index is 0.0243. The van der Waals surface area contributed by atoms with E-state index in [0.29, 0.717) is 6.54 Å². The Hall–Kier alpha value is -1.06. The van der Waals surface area contributed by atoms with Gasteiger partial charge in [0.1, 0.15) is 0 Å². The van der Waals surface area contributed by atoms with Crippen LogP contribution in [0.3, 0.4) is 0 Å². The molecule has 16 heavy (non-hydrogen) atoms. The molecule has 0 aromatic carbocycles. The summed E-state index contributed by atoms with van der Waals surface area (Å²) in [5, 5.41) is 5.26. The van der Waals surface area contributed by atoms with Gasteiger partial charge in [0, 0.05) is 6.54 Å². The Morgan fingerprint density at radius 1 is 1.19 bits per heavy atom. The standard InChI is InChI=1S/C10H20N2O2.C2H6/c1-6-11-9(14)12-8(7(2)13)10(3,4)5;1-2/h8H,6H2,1-5H3,(H2,11,12,14);1-2H3. The summed E-state index contributed by atoms with van der Waals surface area (Å²) >= 11 is 0. The maximum absolute atomic E-state index is 11.3. The van der Waals surface area contributed by atoms with Crippen LogP contribution in [0, 0.1) is 5.41 Å². The third-order valence-corrected chi connectivity index (χ3v) is 1.89. The van der Waals surface area contributed by atoms with Crippen LogP contribution in [0.1, 0.15) is 48.5 Å². The van der Waals surface area contributed by atoms with Gasteiger partial charge in [-0.15, -0.1) is 0 Å². The number of hydrogen-bond acceptors (Lipinski definition) is 2. The molecule has 0 heterocycles. The number of rotatable bonds is 3. The second-order valence-electron chi connectivity index (χ2n) is 4.41. The highest BCUT2D eigenvalue weighted by atomic mass is 16.2. The second kappa shape index (κ2) is 8.13. The van der Waals surface area contributed by atoms with Gasteiger partial charge in [0.15, 0.2) is 5.78 Å². The van der Waals surface area contributed by atoms with Gasteiger partial charge in [-0.1, -0.05) is 34.6 Å². The van der Waals surface area contributed by atoms with Gasteiger partial charge < -0.3 is 10.6 Å². The zero-order valence-electron chi connectivity index (χ0n) is 11.6. The second-order valence-corrected chi connectivity index (χ2v) is 4.41. The molecule has 0 saturated carbocycles. The van der Waals surface area contributed by atoms with Crippen molar-refractivity contribution in [3.05, 3.63) is 0 Å². The largest absolute Gasteiger partial charge is 0.338 e. The van der Waals surface area contributed by atoms with E-state index in [1.165, 1.54) is 6.92 Å². The van der Waals surface area contributed by atoms with Crippen molar-refractivity contribution in [3.8, 4) is 0 Å². The van der Waals surface area contributed by atoms with Crippen molar-refractivity contribution in [2.75, 3.05) is 6.54 Å². The zero-order chi connectivity index (χ0) is 13.4. The van der Waals surface area contributed by atoms with Crippen LogP contribution >= 0.6 is 0 Å². The van der Waals surface area contributed by atoms with E-state index >= 15 is 0 Å². The highest BCUT2D eigenvalue weighted by Gasteiger charge is 2.29. The van der Waals surface area contributed by atoms with Crippen molar-refractivity contribution in [1.82, 2.24) is 10.6 Å². The number of nitrogens with one attached hydrogen (secondary N) is 2. The predicted octanol–water partition coefficient (Wildman–Crippen LogP) is 2.34. The monoisotopic (exact) mass is 230 g/mol. The van der Waals surface area contributed by atoms with Crippen LogP contribution in [0.15, 0.2) is 0 Å². The van der Waals surface area contributed by atoms with Gasteiger partial charge in [-0.2, -0.15) is 0 Å². The topological polar surface area (TPSA) is 58.2 Å². The summed E-state index contributed by atoms with van der Waals surface area (Å²) < 4.78 is 0. The molecule has 0 rings (SSSR count). The molecule has 0 aliphatic carbocycles. The molecular formula is C12H26N2O2. The maximum atomic E-state index is 11.3. The highest BCUT2D eigenvalue weighted by Crippen LogP contribution is 2.19. The first-order valence-corrected chi connectivity index (χ1v) is 5.83. The molecule has 2 N–H and O–H groups in total. The van der Waals surface area contributed by atoms with Crippen molar-refractivity contribution in [2.45, 2.75) is 54.5 Å². The summed E-state index contributed by atoms with van der Waals surface area (Å²) in [4.78, 5) is 22.5. The first-order chi connectivity index (χ1) is 7.29. The summed E-state index contributed by atoms with van der Waals surface area (Å²) in [7, 11) is 0. The fraction of sp³-hybridized carbons (Fsp3) is 0.833. The van der Waals surface area contributed by atoms with Gasteiger partial charge in [-0.05, 0) is 19.3 Å². The maximum Gasteiger partial charge on any atom is 0.315 e. The van der Waals surface area contributed by atoms with Gasteiger partial charge in [-0.25, -0.2) is 4.79 Å². The Labute approximate surface area is 99.2 Å². The summed E-state index contributed by atoms with van der Waals surface area (Å²) in [6, 6.07) is -0.725. The Balaban J connectivity index is 0. The lowest BCUT2D eigenvalue weighted by atomic mass is 9.84. The molecule has 96 valence electrons. The first kappa shape index (κ1) is 17.3. The average Bonchev–Trinajstić information content (AvgIpc) is 2.15. The molecule has 0 fully saturated rings. The summed E-state index contributed by atoms with van der Waals surface area (Å²) in [5.74, 6) is -0.0243. The van der Waals surface area contributed by atoms with Gasteiger partial charge in [0.05, 0.1) is 6.04 Å². The Bertz CT molecular complexity index is 220. The van der Waals surface area contributed by atoms with Crippen molar-refractivity contribution in [3.63, 3.8) is 0 Å². The van der Waals surface area contributed by atoms with Crippen LogP contribution in [0.4, 0.5) is 4.79 Å². The highest BCUT2D eigenvalue weighted by molar-refractivity contribution is 5.87. The molecule has 4 heteroatoms. The average molecular weight is 230 g/mol. The molecular weight excluding hydrogens is 204 g/mol. The number of urea groups is 1. The van der Waals surface area contributed by atoms with E-state index in [0.717, 1.165) is 0 Å². The number of amides is 2. The van der Waals surface area contributed by atoms with E-state index in [2.05, 4.69) is 10.6 Å². The van der Waals surface area contributed by atoms with Crippen LogP contribution in [-0.4, -0.2) is 24.4 Å². The van der Waals surface area contributed by atoms with Crippen molar-refractivity contribution in [2.24, 2.45) is 5.41 Å². The molecule has 1 unspecified atom stereocenters. The molecule has 0 aromatic rings. The third-order valence-electron chi connectivity index (χ3n) is 1.89. The van der Waals surface area contributed by atoms with Gasteiger partial charge in [-0.3, -0.25) is 4.79 Å². The minimum atomic E-state index is -0.436. The zero-order valence-corrected chi connectivity index (χ0v) is 11.6. The molecule has 0 aliphatic rings. The fourth-order valence-electron chi connectivity index (χ4n) is 1.27. The fourth-order valence-corrected chi connectivity index (χ4v) is 1.27. The minimum Gasteiger partial charge on any atom is -0.338 e. The van der Waals surface area contributed by atoms with Crippen LogP contribution < -0.4 is 10.6 Å². The Kier molecular flexibility index (Phi) is 8.81. The predicted molar refractivity (Wildman–Crippen MR) is 67.5 cm³/mol. The molecule has 0 bridgehead atoms. The Morgan fingerprint density at radius 3 is 1.88 bits per heavy atom. The number of ketones is 1. The van der Waals surface area contributed by atoms with Gasteiger partial charge >= 0.3 is 6.03 Å². The van der Waals surface area contributed by atoms with Crippen molar-refractivity contribution in [1.29, 1.82) is 0 Å². The lowest BCUT2D eigenvalue weighted by Gasteiger charge is -2.29. The molecule has 0 aliphatic heterocycles. The SMILES string of the molecule is CC.CCNC(=O)NC(C(C)=O)C(C)(C)C. The summed E-state index contributed by atoms with van der Waals surface area (Å²) in [6.07, 6.45) is 0. The van der Waals surface area contributed by atoms with E-state index in [-0.39, 0.29) is 17.2 Å². The van der Waals surface area contributed by atoms with E-state index in [1.54, 1.807) is 0 Å². The van der Waals surface area contributed by atoms with E-state index in [9.17, 15) is 9.59 Å². The molecule has 0 spiro atoms. The van der Waals surface area contributed by atoms with Crippen LogP contribution in [0.25, 0.3) is 0 Å². The number of hydrogen-bond donors (Lipinski definition) is 2. The van der Waals surface area contributed by atoms with Gasteiger partial charge in [0.2, 0.25) is 0 Å². The lowest BCUT2D eigenvalue weighted by Crippen LogP contribution is -2.51. The van der Waals surface area contributed by atoms with Crippen LogP contribution in [0.5, 0.6) is 0 Å². The van der Waals surface area contributed by atoms with E-state index in [1.807, 2.05) is 41.5 Å². The molecule has 0 radical (unpaired) electrons.